The largest absolute Gasteiger partial charge is 0.507 e. The molecule has 0 atom stereocenters. The van der Waals surface area contributed by atoms with E-state index in [2.05, 4.69) is 27.0 Å². The molecule has 0 amide bonds. The number of phenols is 1. The molecule has 1 aliphatic rings. The summed E-state index contributed by atoms with van der Waals surface area (Å²) in [7, 11) is 0. The second-order valence-electron chi connectivity index (χ2n) is 7.33. The van der Waals surface area contributed by atoms with Crippen LogP contribution in [-0.2, 0) is 0 Å². The zero-order valence-corrected chi connectivity index (χ0v) is 16.8. The molecule has 1 aromatic carbocycles. The molecule has 1 heterocycles. The number of nitrogens with zero attached hydrogens (tertiary/aromatic N) is 3. The standard InChI is InChI=1S/C22H22F2N4O3/c1-3-4-17(24)19(25-2)22(8-15(23)9-22)12-28-21-26-10-14(11-27-21)16-7-13(20(30)31)5-6-18(16)29/h3-7,10-11,15,29H,2,8-9,12H2,1H3,(H,30,31)(H,26,27,28)/b4-3-,19-17+/t15-,22-. The van der Waals surface area contributed by atoms with E-state index in [1.54, 1.807) is 6.92 Å². The lowest BCUT2D eigenvalue weighted by Crippen LogP contribution is -2.45. The fraction of sp³-hybridized carbons (Fsp3) is 0.273. The number of aromatic hydroxyl groups is 1. The lowest BCUT2D eigenvalue weighted by Gasteiger charge is -2.44. The van der Waals surface area contributed by atoms with Crippen molar-refractivity contribution in [1.29, 1.82) is 0 Å². The highest BCUT2D eigenvalue weighted by atomic mass is 19.1. The van der Waals surface area contributed by atoms with Gasteiger partial charge in [0.15, 0.2) is 0 Å². The van der Waals surface area contributed by atoms with Crippen LogP contribution in [0, 0.1) is 5.41 Å². The Morgan fingerprint density at radius 1 is 1.39 bits per heavy atom. The summed E-state index contributed by atoms with van der Waals surface area (Å²) >= 11 is 0. The highest BCUT2D eigenvalue weighted by molar-refractivity contribution is 5.90. The van der Waals surface area contributed by atoms with Gasteiger partial charge >= 0.3 is 5.97 Å². The highest BCUT2D eigenvalue weighted by Gasteiger charge is 2.48. The number of halogens is 2. The minimum atomic E-state index is -1.12. The monoisotopic (exact) mass is 428 g/mol. The molecule has 2 aromatic rings. The molecule has 0 saturated heterocycles. The molecule has 0 spiro atoms. The van der Waals surface area contributed by atoms with Gasteiger partial charge in [-0.1, -0.05) is 6.08 Å². The van der Waals surface area contributed by atoms with Crippen molar-refractivity contribution in [2.24, 2.45) is 10.4 Å². The average Bonchev–Trinajstić information content (AvgIpc) is 2.72. The maximum atomic E-state index is 14.4. The first-order valence-electron chi connectivity index (χ1n) is 9.56. The maximum Gasteiger partial charge on any atom is 0.335 e. The van der Waals surface area contributed by atoms with Crippen LogP contribution >= 0.6 is 0 Å². The second-order valence-corrected chi connectivity index (χ2v) is 7.33. The van der Waals surface area contributed by atoms with E-state index in [1.165, 1.54) is 42.7 Å². The SMILES string of the molecule is C=N/C(=C(F)\C=C/C)[C@]1(CNc2ncc(-c3cc(C(=O)O)ccc3O)cn2)C[C@@H](F)C1. The highest BCUT2D eigenvalue weighted by Crippen LogP contribution is 2.50. The van der Waals surface area contributed by atoms with Crippen LogP contribution in [0.4, 0.5) is 14.7 Å². The van der Waals surface area contributed by atoms with Crippen LogP contribution in [0.5, 0.6) is 5.75 Å². The Hall–Kier alpha value is -3.62. The van der Waals surface area contributed by atoms with Gasteiger partial charge in [0.05, 0.1) is 11.3 Å². The molecule has 0 aliphatic heterocycles. The summed E-state index contributed by atoms with van der Waals surface area (Å²) in [5, 5.41) is 22.1. The summed E-state index contributed by atoms with van der Waals surface area (Å²) in [6.45, 7) is 5.26. The van der Waals surface area contributed by atoms with Gasteiger partial charge in [-0.2, -0.15) is 0 Å². The molecule has 0 unspecified atom stereocenters. The van der Waals surface area contributed by atoms with Crippen LogP contribution in [0.25, 0.3) is 11.1 Å². The quantitative estimate of drug-likeness (QED) is 0.421. The van der Waals surface area contributed by atoms with Crippen molar-refractivity contribution in [3.05, 3.63) is 59.8 Å². The van der Waals surface area contributed by atoms with Gasteiger partial charge < -0.3 is 15.5 Å². The third-order valence-corrected chi connectivity index (χ3v) is 5.22. The van der Waals surface area contributed by atoms with Crippen molar-refractivity contribution in [3.63, 3.8) is 0 Å². The Morgan fingerprint density at radius 3 is 2.61 bits per heavy atom. The predicted molar refractivity (Wildman–Crippen MR) is 114 cm³/mol. The third-order valence-electron chi connectivity index (χ3n) is 5.22. The summed E-state index contributed by atoms with van der Waals surface area (Å²) in [4.78, 5) is 23.3. The molecule has 3 N–H and O–H groups in total. The molecule has 0 bridgehead atoms. The van der Waals surface area contributed by atoms with Crippen molar-refractivity contribution in [1.82, 2.24) is 9.97 Å². The molecule has 9 heteroatoms. The number of alkyl halides is 1. The third kappa shape index (κ3) is 4.60. The number of aliphatic imine (C=N–C) groups is 1. The van der Waals surface area contributed by atoms with Crippen LogP contribution in [0.1, 0.15) is 30.1 Å². The van der Waals surface area contributed by atoms with Crippen LogP contribution in [-0.4, -0.2) is 45.6 Å². The summed E-state index contributed by atoms with van der Waals surface area (Å²) in [5.41, 5.74) is -0.0560. The fourth-order valence-electron chi connectivity index (χ4n) is 3.64. The number of carboxylic acids is 1. The van der Waals surface area contributed by atoms with Gasteiger partial charge in [0.25, 0.3) is 0 Å². The first kappa shape index (κ1) is 22.1. The molecular weight excluding hydrogens is 406 g/mol. The molecule has 0 radical (unpaired) electrons. The van der Waals surface area contributed by atoms with Gasteiger partial charge in [-0.15, -0.1) is 0 Å². The summed E-state index contributed by atoms with van der Waals surface area (Å²) in [6, 6.07) is 3.90. The van der Waals surface area contributed by atoms with E-state index in [-0.39, 0.29) is 47.9 Å². The zero-order valence-electron chi connectivity index (χ0n) is 16.8. The first-order chi connectivity index (χ1) is 14.8. The van der Waals surface area contributed by atoms with Crippen LogP contribution in [0.3, 0.4) is 0 Å². The molecule has 1 fully saturated rings. The van der Waals surface area contributed by atoms with Gasteiger partial charge in [0.2, 0.25) is 5.95 Å². The Balaban J connectivity index is 1.80. The number of carboxylic acid groups (broad SMARTS) is 1. The molecule has 1 aromatic heterocycles. The number of anilines is 1. The van der Waals surface area contributed by atoms with Gasteiger partial charge in [-0.3, -0.25) is 4.99 Å². The number of phenolic OH excluding ortho intramolecular Hbond substituents is 1. The molecule has 162 valence electrons. The van der Waals surface area contributed by atoms with Gasteiger partial charge in [-0.25, -0.2) is 23.5 Å². The maximum absolute atomic E-state index is 14.4. The second kappa shape index (κ2) is 9.03. The van der Waals surface area contributed by atoms with E-state index in [4.69, 9.17) is 5.11 Å². The molecule has 1 saturated carbocycles. The topological polar surface area (TPSA) is 108 Å². The molecule has 7 nitrogen and oxygen atoms in total. The van der Waals surface area contributed by atoms with Crippen LogP contribution in [0.2, 0.25) is 0 Å². The van der Waals surface area contributed by atoms with Gasteiger partial charge in [0, 0.05) is 35.5 Å². The number of hydrogen-bond acceptors (Lipinski definition) is 6. The number of carbonyl (C=O) groups is 1. The molecule has 3 rings (SSSR count). The van der Waals surface area contributed by atoms with Crippen molar-refractivity contribution >= 4 is 18.6 Å². The number of hydrogen-bond donors (Lipinski definition) is 3. The van der Waals surface area contributed by atoms with Crippen molar-refractivity contribution < 1.29 is 23.8 Å². The minimum absolute atomic E-state index is 0.0158. The number of rotatable bonds is 8. The Morgan fingerprint density at radius 2 is 2.06 bits per heavy atom. The first-order valence-corrected chi connectivity index (χ1v) is 9.56. The van der Waals surface area contributed by atoms with Crippen molar-refractivity contribution in [2.75, 3.05) is 11.9 Å². The Labute approximate surface area is 177 Å². The molecule has 31 heavy (non-hydrogen) atoms. The van der Waals surface area contributed by atoms with Gasteiger partial charge in [-0.05, 0) is 50.8 Å². The number of aromatic carboxylic acids is 1. The number of allylic oxidation sites excluding steroid dienone is 3. The van der Waals surface area contributed by atoms with E-state index < -0.39 is 23.4 Å². The molecule has 1 aliphatic carbocycles. The van der Waals surface area contributed by atoms with Crippen LogP contribution < -0.4 is 5.32 Å². The number of nitrogens with one attached hydrogen (secondary N) is 1. The predicted octanol–water partition coefficient (Wildman–Crippen LogP) is 4.54. The summed E-state index contributed by atoms with van der Waals surface area (Å²) < 4.78 is 28.1. The molecular formula is C22H22F2N4O3. The lowest BCUT2D eigenvalue weighted by molar-refractivity contribution is 0.0654. The van der Waals surface area contributed by atoms with E-state index >= 15 is 0 Å². The van der Waals surface area contributed by atoms with Crippen molar-refractivity contribution in [2.45, 2.75) is 25.9 Å². The fourth-order valence-corrected chi connectivity index (χ4v) is 3.64. The Bertz CT molecular complexity index is 1050. The summed E-state index contributed by atoms with van der Waals surface area (Å²) in [5.74, 6) is -1.57. The normalized spacial score (nSPS) is 21.3. The minimum Gasteiger partial charge on any atom is -0.507 e. The number of aromatic nitrogens is 2. The van der Waals surface area contributed by atoms with E-state index in [1.807, 2.05) is 0 Å². The lowest BCUT2D eigenvalue weighted by atomic mass is 9.65. The van der Waals surface area contributed by atoms with Gasteiger partial charge in [0.1, 0.15) is 17.7 Å². The smallest absolute Gasteiger partial charge is 0.335 e. The van der Waals surface area contributed by atoms with Crippen molar-refractivity contribution in [3.8, 4) is 16.9 Å². The van der Waals surface area contributed by atoms with Crippen LogP contribution in [0.15, 0.2) is 59.3 Å². The average molecular weight is 428 g/mol. The van der Waals surface area contributed by atoms with E-state index in [9.17, 15) is 18.7 Å². The van der Waals surface area contributed by atoms with E-state index in [0.717, 1.165) is 0 Å². The Kier molecular flexibility index (Phi) is 6.43. The summed E-state index contributed by atoms with van der Waals surface area (Å²) in [6.07, 6.45) is 4.80. The number of benzene rings is 1. The van der Waals surface area contributed by atoms with E-state index in [0.29, 0.717) is 5.56 Å². The zero-order chi connectivity index (χ0) is 22.6.